The van der Waals surface area contributed by atoms with Crippen molar-refractivity contribution >= 4 is 23.2 Å². The molecule has 0 aromatic carbocycles. The lowest BCUT2D eigenvalue weighted by Gasteiger charge is -2.21. The van der Waals surface area contributed by atoms with Crippen LogP contribution in [0.15, 0.2) is 24.7 Å². The SMILES string of the molecule is CC(C)CN(CC(=O)O)C(=O)c1cnc(-c2ncccn2)s1. The van der Waals surface area contributed by atoms with Gasteiger partial charge in [-0.15, -0.1) is 11.3 Å². The summed E-state index contributed by atoms with van der Waals surface area (Å²) >= 11 is 1.16. The molecular formula is C14H16N4O3S. The van der Waals surface area contributed by atoms with Crippen molar-refractivity contribution in [2.45, 2.75) is 13.8 Å². The van der Waals surface area contributed by atoms with Gasteiger partial charge in [0.1, 0.15) is 11.4 Å². The molecule has 2 aromatic heterocycles. The van der Waals surface area contributed by atoms with E-state index in [1.165, 1.54) is 11.1 Å². The number of thiazole rings is 1. The third kappa shape index (κ3) is 4.08. The summed E-state index contributed by atoms with van der Waals surface area (Å²) in [6.45, 7) is 3.91. The molecule has 0 spiro atoms. The quantitative estimate of drug-likeness (QED) is 0.871. The zero-order chi connectivity index (χ0) is 16.1. The minimum absolute atomic E-state index is 0.174. The van der Waals surface area contributed by atoms with Gasteiger partial charge in [0.25, 0.3) is 5.91 Å². The van der Waals surface area contributed by atoms with E-state index in [9.17, 15) is 9.59 Å². The summed E-state index contributed by atoms with van der Waals surface area (Å²) in [6, 6.07) is 1.69. The molecule has 2 rings (SSSR count). The summed E-state index contributed by atoms with van der Waals surface area (Å²) in [4.78, 5) is 37.4. The van der Waals surface area contributed by atoms with Crippen molar-refractivity contribution in [1.29, 1.82) is 0 Å². The van der Waals surface area contributed by atoms with E-state index >= 15 is 0 Å². The van der Waals surface area contributed by atoms with Crippen molar-refractivity contribution in [2.24, 2.45) is 5.92 Å². The molecule has 0 bridgehead atoms. The maximum Gasteiger partial charge on any atom is 0.323 e. The van der Waals surface area contributed by atoms with Gasteiger partial charge in [-0.25, -0.2) is 15.0 Å². The van der Waals surface area contributed by atoms with E-state index < -0.39 is 5.97 Å². The Morgan fingerprint density at radius 3 is 2.55 bits per heavy atom. The van der Waals surface area contributed by atoms with Crippen LogP contribution in [0.5, 0.6) is 0 Å². The molecule has 22 heavy (non-hydrogen) atoms. The summed E-state index contributed by atoms with van der Waals surface area (Å²) in [5, 5.41) is 9.48. The van der Waals surface area contributed by atoms with Crippen LogP contribution < -0.4 is 0 Å². The average molecular weight is 320 g/mol. The molecular weight excluding hydrogens is 304 g/mol. The van der Waals surface area contributed by atoms with Crippen LogP contribution in [-0.2, 0) is 4.79 Å². The molecule has 8 heteroatoms. The number of aliphatic carboxylic acids is 1. The first-order valence-electron chi connectivity index (χ1n) is 6.71. The summed E-state index contributed by atoms with van der Waals surface area (Å²) < 4.78 is 0. The van der Waals surface area contributed by atoms with Gasteiger partial charge in [-0.05, 0) is 12.0 Å². The standard InChI is InChI=1S/C14H16N4O3S/c1-9(2)7-18(8-11(19)20)14(21)10-6-17-13(22-10)12-15-4-3-5-16-12/h3-6,9H,7-8H2,1-2H3,(H,19,20). The van der Waals surface area contributed by atoms with Gasteiger partial charge >= 0.3 is 5.97 Å². The molecule has 0 aliphatic rings. The van der Waals surface area contributed by atoms with E-state index in [1.54, 1.807) is 18.5 Å². The zero-order valence-electron chi connectivity index (χ0n) is 12.3. The number of carbonyl (C=O) groups excluding carboxylic acids is 1. The van der Waals surface area contributed by atoms with Crippen molar-refractivity contribution < 1.29 is 14.7 Å². The first-order valence-corrected chi connectivity index (χ1v) is 7.53. The van der Waals surface area contributed by atoms with Gasteiger partial charge in [0.2, 0.25) is 0 Å². The number of rotatable bonds is 6. The van der Waals surface area contributed by atoms with E-state index in [-0.39, 0.29) is 18.4 Å². The summed E-state index contributed by atoms with van der Waals surface area (Å²) in [5.74, 6) is -0.755. The Morgan fingerprint density at radius 2 is 1.95 bits per heavy atom. The van der Waals surface area contributed by atoms with Crippen molar-refractivity contribution in [3.8, 4) is 10.8 Å². The van der Waals surface area contributed by atoms with E-state index in [1.807, 2.05) is 13.8 Å². The maximum atomic E-state index is 12.5. The van der Waals surface area contributed by atoms with Crippen LogP contribution in [0.2, 0.25) is 0 Å². The highest BCUT2D eigenvalue weighted by Crippen LogP contribution is 2.23. The van der Waals surface area contributed by atoms with Crippen LogP contribution in [0.1, 0.15) is 23.5 Å². The molecule has 0 fully saturated rings. The Balaban J connectivity index is 2.20. The van der Waals surface area contributed by atoms with Gasteiger partial charge in [0.15, 0.2) is 10.8 Å². The highest BCUT2D eigenvalue weighted by Gasteiger charge is 2.22. The van der Waals surface area contributed by atoms with E-state index in [0.717, 1.165) is 11.3 Å². The van der Waals surface area contributed by atoms with Crippen LogP contribution in [-0.4, -0.2) is 49.9 Å². The van der Waals surface area contributed by atoms with Crippen molar-refractivity contribution in [3.63, 3.8) is 0 Å². The zero-order valence-corrected chi connectivity index (χ0v) is 13.1. The molecule has 2 aromatic rings. The highest BCUT2D eigenvalue weighted by atomic mass is 32.1. The Morgan fingerprint density at radius 1 is 1.27 bits per heavy atom. The molecule has 0 unspecified atom stereocenters. The first kappa shape index (κ1) is 16.0. The number of hydrogen-bond acceptors (Lipinski definition) is 6. The minimum atomic E-state index is -1.04. The number of carboxylic acid groups (broad SMARTS) is 1. The van der Waals surface area contributed by atoms with Gasteiger partial charge in [0.05, 0.1) is 6.20 Å². The third-order valence-electron chi connectivity index (χ3n) is 2.67. The summed E-state index contributed by atoms with van der Waals surface area (Å²) in [6.07, 6.45) is 4.63. The number of aromatic nitrogens is 3. The lowest BCUT2D eigenvalue weighted by molar-refractivity contribution is -0.137. The second-order valence-electron chi connectivity index (χ2n) is 5.08. The van der Waals surface area contributed by atoms with Crippen LogP contribution in [0.4, 0.5) is 0 Å². The summed E-state index contributed by atoms with van der Waals surface area (Å²) in [5.41, 5.74) is 0. The average Bonchev–Trinajstić information content (AvgIpc) is 2.95. The number of hydrogen-bond donors (Lipinski definition) is 1. The van der Waals surface area contributed by atoms with Crippen LogP contribution in [0.3, 0.4) is 0 Å². The first-order chi connectivity index (χ1) is 10.5. The summed E-state index contributed by atoms with van der Waals surface area (Å²) in [7, 11) is 0. The molecule has 0 atom stereocenters. The molecule has 1 amide bonds. The molecule has 0 aliphatic heterocycles. The van der Waals surface area contributed by atoms with Crippen molar-refractivity contribution in [3.05, 3.63) is 29.5 Å². The Labute approximate surface area is 131 Å². The molecule has 0 saturated heterocycles. The number of amides is 1. The lowest BCUT2D eigenvalue weighted by Crippen LogP contribution is -2.37. The number of carboxylic acids is 1. The maximum absolute atomic E-state index is 12.5. The van der Waals surface area contributed by atoms with Crippen LogP contribution >= 0.6 is 11.3 Å². The second kappa shape index (κ2) is 7.08. The normalized spacial score (nSPS) is 10.7. The molecule has 0 aliphatic carbocycles. The fourth-order valence-corrected chi connectivity index (χ4v) is 2.70. The minimum Gasteiger partial charge on any atom is -0.480 e. The van der Waals surface area contributed by atoms with Gasteiger partial charge in [-0.2, -0.15) is 0 Å². The van der Waals surface area contributed by atoms with Crippen LogP contribution in [0, 0.1) is 5.92 Å². The van der Waals surface area contributed by atoms with Gasteiger partial charge in [-0.3, -0.25) is 9.59 Å². The van der Waals surface area contributed by atoms with Crippen LogP contribution in [0.25, 0.3) is 10.8 Å². The molecule has 116 valence electrons. The highest BCUT2D eigenvalue weighted by molar-refractivity contribution is 7.16. The smallest absolute Gasteiger partial charge is 0.323 e. The molecule has 2 heterocycles. The second-order valence-corrected chi connectivity index (χ2v) is 6.11. The number of carbonyl (C=O) groups is 2. The van der Waals surface area contributed by atoms with E-state index in [0.29, 0.717) is 22.3 Å². The predicted molar refractivity (Wildman–Crippen MR) is 81.5 cm³/mol. The molecule has 0 saturated carbocycles. The fraction of sp³-hybridized carbons (Fsp3) is 0.357. The number of nitrogens with zero attached hydrogens (tertiary/aromatic N) is 4. The largest absolute Gasteiger partial charge is 0.480 e. The van der Waals surface area contributed by atoms with E-state index in [4.69, 9.17) is 5.11 Å². The fourth-order valence-electron chi connectivity index (χ4n) is 1.87. The third-order valence-corrected chi connectivity index (χ3v) is 3.65. The Bertz CT molecular complexity index is 657. The topological polar surface area (TPSA) is 96.3 Å². The molecule has 1 N–H and O–H groups in total. The van der Waals surface area contributed by atoms with Gasteiger partial charge < -0.3 is 10.0 Å². The predicted octanol–water partition coefficient (Wildman–Crippen LogP) is 1.78. The molecule has 7 nitrogen and oxygen atoms in total. The van der Waals surface area contributed by atoms with Crippen molar-refractivity contribution in [2.75, 3.05) is 13.1 Å². The van der Waals surface area contributed by atoms with Crippen molar-refractivity contribution in [1.82, 2.24) is 19.9 Å². The van der Waals surface area contributed by atoms with Gasteiger partial charge in [0, 0.05) is 18.9 Å². The van der Waals surface area contributed by atoms with E-state index in [2.05, 4.69) is 15.0 Å². The lowest BCUT2D eigenvalue weighted by atomic mass is 10.2. The monoisotopic (exact) mass is 320 g/mol. The molecule has 0 radical (unpaired) electrons. The Kier molecular flexibility index (Phi) is 5.16. The Hall–Kier alpha value is -2.35. The van der Waals surface area contributed by atoms with Gasteiger partial charge in [-0.1, -0.05) is 13.8 Å².